The third kappa shape index (κ3) is 3.83. The van der Waals surface area contributed by atoms with Crippen molar-refractivity contribution >= 4 is 22.8 Å². The molecule has 1 N–H and O–H groups in total. The predicted octanol–water partition coefficient (Wildman–Crippen LogP) is 3.76. The minimum absolute atomic E-state index is 0.135. The molecule has 156 valence electrons. The van der Waals surface area contributed by atoms with Gasteiger partial charge in [0.1, 0.15) is 6.04 Å². The number of H-pyrrole nitrogens is 1. The number of aromatic nitrogens is 1. The zero-order valence-electron chi connectivity index (χ0n) is 17.3. The van der Waals surface area contributed by atoms with Crippen LogP contribution in [0.5, 0.6) is 0 Å². The summed E-state index contributed by atoms with van der Waals surface area (Å²) in [6.45, 7) is 0.585. The van der Waals surface area contributed by atoms with Crippen LogP contribution in [0.15, 0.2) is 54.6 Å². The van der Waals surface area contributed by atoms with E-state index >= 15 is 0 Å². The molecule has 1 aliphatic heterocycles. The molecule has 0 spiro atoms. The van der Waals surface area contributed by atoms with Crippen molar-refractivity contribution in [3.05, 3.63) is 71.4 Å². The van der Waals surface area contributed by atoms with Crippen molar-refractivity contribution in [2.45, 2.75) is 37.9 Å². The summed E-state index contributed by atoms with van der Waals surface area (Å²) in [6, 6.07) is 17.6. The Morgan fingerprint density at radius 1 is 1.03 bits per heavy atom. The van der Waals surface area contributed by atoms with Crippen LogP contribution in [-0.4, -0.2) is 42.1 Å². The van der Waals surface area contributed by atoms with Gasteiger partial charge in [-0.3, -0.25) is 14.5 Å². The second-order valence-corrected chi connectivity index (χ2v) is 7.59. The number of nitrogens with one attached hydrogen (secondary N) is 1. The van der Waals surface area contributed by atoms with E-state index in [0.29, 0.717) is 19.4 Å². The molecule has 30 heavy (non-hydrogen) atoms. The van der Waals surface area contributed by atoms with Gasteiger partial charge in [-0.25, -0.2) is 0 Å². The van der Waals surface area contributed by atoms with Crippen molar-refractivity contribution in [3.8, 4) is 0 Å². The minimum Gasteiger partial charge on any atom is -0.469 e. The fourth-order valence-corrected chi connectivity index (χ4v) is 4.46. The molecule has 4 rings (SSSR count). The Hall–Kier alpha value is -3.12. The standard InChI is InChI=1S/C24H26N2O4/c1-29-22(27)13-12-20-23-18(17-10-6-7-11-19(17)25-23)14-21(24(28)30-2)26(20)15-16-8-4-3-5-9-16/h3-11,20-21,25H,12-15H2,1-2H3. The molecule has 0 saturated carbocycles. The van der Waals surface area contributed by atoms with Gasteiger partial charge >= 0.3 is 11.9 Å². The smallest absolute Gasteiger partial charge is 0.323 e. The maximum Gasteiger partial charge on any atom is 0.323 e. The highest BCUT2D eigenvalue weighted by molar-refractivity contribution is 5.87. The molecule has 2 unspecified atom stereocenters. The summed E-state index contributed by atoms with van der Waals surface area (Å²) in [5, 5.41) is 1.11. The van der Waals surface area contributed by atoms with E-state index in [1.165, 1.54) is 14.2 Å². The summed E-state index contributed by atoms with van der Waals surface area (Å²) in [5.74, 6) is -0.516. The zero-order valence-corrected chi connectivity index (χ0v) is 17.3. The number of ether oxygens (including phenoxy) is 2. The Kier molecular flexibility index (Phi) is 5.86. The Labute approximate surface area is 175 Å². The van der Waals surface area contributed by atoms with Crippen molar-refractivity contribution in [1.29, 1.82) is 0 Å². The van der Waals surface area contributed by atoms with Gasteiger partial charge in [0.05, 0.1) is 20.3 Å². The fourth-order valence-electron chi connectivity index (χ4n) is 4.46. The monoisotopic (exact) mass is 406 g/mol. The van der Waals surface area contributed by atoms with Gasteiger partial charge in [-0.15, -0.1) is 0 Å². The highest BCUT2D eigenvalue weighted by Gasteiger charge is 2.40. The van der Waals surface area contributed by atoms with Crippen molar-refractivity contribution in [2.24, 2.45) is 0 Å². The molecule has 0 bridgehead atoms. The van der Waals surface area contributed by atoms with Crippen molar-refractivity contribution in [3.63, 3.8) is 0 Å². The van der Waals surface area contributed by atoms with E-state index in [9.17, 15) is 9.59 Å². The molecule has 1 aliphatic rings. The number of nitrogens with zero attached hydrogens (tertiary/aromatic N) is 1. The molecule has 0 amide bonds. The van der Waals surface area contributed by atoms with Crippen LogP contribution in [0.3, 0.4) is 0 Å². The maximum absolute atomic E-state index is 12.8. The van der Waals surface area contributed by atoms with Crippen LogP contribution in [0.4, 0.5) is 0 Å². The molecule has 3 aromatic rings. The van der Waals surface area contributed by atoms with Gasteiger partial charge in [-0.1, -0.05) is 48.5 Å². The van der Waals surface area contributed by atoms with E-state index in [1.54, 1.807) is 0 Å². The van der Waals surface area contributed by atoms with E-state index in [4.69, 9.17) is 9.47 Å². The number of carbonyl (C=O) groups excluding carboxylic acids is 2. The first-order valence-corrected chi connectivity index (χ1v) is 10.2. The second-order valence-electron chi connectivity index (χ2n) is 7.59. The Balaban J connectivity index is 1.79. The van der Waals surface area contributed by atoms with Crippen LogP contribution >= 0.6 is 0 Å². The molecule has 2 heterocycles. The quantitative estimate of drug-likeness (QED) is 0.631. The van der Waals surface area contributed by atoms with Crippen LogP contribution in [0.2, 0.25) is 0 Å². The number of para-hydroxylation sites is 1. The fraction of sp³-hybridized carbons (Fsp3) is 0.333. The first kappa shape index (κ1) is 20.2. The molecule has 2 atom stereocenters. The lowest BCUT2D eigenvalue weighted by atomic mass is 9.89. The topological polar surface area (TPSA) is 71.6 Å². The molecule has 1 aromatic heterocycles. The number of hydrogen-bond donors (Lipinski definition) is 1. The molecule has 6 nitrogen and oxygen atoms in total. The van der Waals surface area contributed by atoms with Gasteiger partial charge in [-0.2, -0.15) is 0 Å². The number of rotatable bonds is 6. The SMILES string of the molecule is COC(=O)CCC1c2[nH]c3ccccc3c2CC(C(=O)OC)N1Cc1ccccc1. The number of fused-ring (bicyclic) bond motifs is 3. The first-order chi connectivity index (χ1) is 14.6. The number of benzene rings is 2. The van der Waals surface area contributed by atoms with Crippen molar-refractivity contribution < 1.29 is 19.1 Å². The second kappa shape index (κ2) is 8.71. The number of hydrogen-bond acceptors (Lipinski definition) is 5. The van der Waals surface area contributed by atoms with Crippen molar-refractivity contribution in [1.82, 2.24) is 9.88 Å². The third-order valence-electron chi connectivity index (χ3n) is 5.91. The highest BCUT2D eigenvalue weighted by Crippen LogP contribution is 2.40. The molecule has 0 radical (unpaired) electrons. The van der Waals surface area contributed by atoms with E-state index in [-0.39, 0.29) is 24.4 Å². The summed E-state index contributed by atoms with van der Waals surface area (Å²) in [4.78, 5) is 30.5. The number of aromatic amines is 1. The largest absolute Gasteiger partial charge is 0.469 e. The van der Waals surface area contributed by atoms with E-state index in [2.05, 4.69) is 16.0 Å². The number of methoxy groups -OCH3 is 2. The molecule has 0 saturated heterocycles. The van der Waals surface area contributed by atoms with Gasteiger partial charge in [0.15, 0.2) is 0 Å². The lowest BCUT2D eigenvalue weighted by molar-refractivity contribution is -0.149. The van der Waals surface area contributed by atoms with E-state index in [1.807, 2.05) is 48.5 Å². The van der Waals surface area contributed by atoms with Crippen LogP contribution in [-0.2, 0) is 32.0 Å². The van der Waals surface area contributed by atoms with Crippen LogP contribution in [0.25, 0.3) is 10.9 Å². The van der Waals surface area contributed by atoms with Crippen molar-refractivity contribution in [2.75, 3.05) is 14.2 Å². The van der Waals surface area contributed by atoms with Gasteiger partial charge in [0.25, 0.3) is 0 Å². The van der Waals surface area contributed by atoms with Crippen LogP contribution in [0, 0.1) is 0 Å². The summed E-state index contributed by atoms with van der Waals surface area (Å²) in [7, 11) is 2.83. The zero-order chi connectivity index (χ0) is 21.1. The van der Waals surface area contributed by atoms with Crippen LogP contribution < -0.4 is 0 Å². The lowest BCUT2D eigenvalue weighted by Crippen LogP contribution is -2.48. The van der Waals surface area contributed by atoms with Crippen LogP contribution in [0.1, 0.15) is 35.7 Å². The molecule has 0 fully saturated rings. The first-order valence-electron chi connectivity index (χ1n) is 10.2. The molecular formula is C24H26N2O4. The Morgan fingerprint density at radius 2 is 1.77 bits per heavy atom. The average Bonchev–Trinajstić information content (AvgIpc) is 3.16. The summed E-state index contributed by atoms with van der Waals surface area (Å²) < 4.78 is 10.1. The van der Waals surface area contributed by atoms with Gasteiger partial charge in [-0.05, 0) is 23.6 Å². The Bertz CT molecular complexity index is 1040. The minimum atomic E-state index is -0.426. The lowest BCUT2D eigenvalue weighted by Gasteiger charge is -2.40. The summed E-state index contributed by atoms with van der Waals surface area (Å²) in [6.07, 6.45) is 1.38. The highest BCUT2D eigenvalue weighted by atomic mass is 16.5. The molecule has 2 aromatic carbocycles. The van der Waals surface area contributed by atoms with Gasteiger partial charge in [0, 0.05) is 36.0 Å². The maximum atomic E-state index is 12.8. The number of esters is 2. The summed E-state index contributed by atoms with van der Waals surface area (Å²) in [5.41, 5.74) is 4.33. The van der Waals surface area contributed by atoms with E-state index < -0.39 is 6.04 Å². The number of carbonyl (C=O) groups is 2. The summed E-state index contributed by atoms with van der Waals surface area (Å²) >= 11 is 0. The van der Waals surface area contributed by atoms with E-state index in [0.717, 1.165) is 27.7 Å². The predicted molar refractivity (Wildman–Crippen MR) is 114 cm³/mol. The van der Waals surface area contributed by atoms with Gasteiger partial charge in [0.2, 0.25) is 0 Å². The molecule has 0 aliphatic carbocycles. The normalized spacial score (nSPS) is 18.7. The average molecular weight is 406 g/mol. The molecule has 6 heteroatoms. The third-order valence-corrected chi connectivity index (χ3v) is 5.91. The molecular weight excluding hydrogens is 380 g/mol. The van der Waals surface area contributed by atoms with Gasteiger partial charge < -0.3 is 14.5 Å². The Morgan fingerprint density at radius 3 is 2.50 bits per heavy atom.